The Kier molecular flexibility index (Phi) is 5.76. The summed E-state index contributed by atoms with van der Waals surface area (Å²) in [6.45, 7) is 1.79. The number of aliphatic hydroxyl groups is 2. The van der Waals surface area contributed by atoms with E-state index in [4.69, 9.17) is 17.0 Å². The van der Waals surface area contributed by atoms with Gasteiger partial charge in [-0.05, 0) is 80.7 Å². The van der Waals surface area contributed by atoms with Gasteiger partial charge in [0, 0.05) is 17.9 Å². The Balaban J connectivity index is 1.40. The molecule has 5 rings (SSSR count). The third kappa shape index (κ3) is 3.82. The van der Waals surface area contributed by atoms with Crippen molar-refractivity contribution in [2.75, 3.05) is 15.6 Å². The van der Waals surface area contributed by atoms with Gasteiger partial charge in [-0.25, -0.2) is 4.98 Å². The third-order valence-corrected chi connectivity index (χ3v) is 8.12. The molecule has 2 aromatic rings. The Morgan fingerprint density at radius 1 is 1.26 bits per heavy atom. The van der Waals surface area contributed by atoms with Crippen LogP contribution in [0, 0.1) is 18.3 Å². The number of aryl methyl sites for hydroxylation is 1. The minimum Gasteiger partial charge on any atom is -0.490 e. The summed E-state index contributed by atoms with van der Waals surface area (Å²) in [7, 11) is 0. The van der Waals surface area contributed by atoms with Crippen molar-refractivity contribution >= 4 is 46.4 Å². The van der Waals surface area contributed by atoms with Gasteiger partial charge < -0.3 is 19.8 Å². The van der Waals surface area contributed by atoms with Crippen LogP contribution in [0.1, 0.15) is 43.4 Å². The van der Waals surface area contributed by atoms with Gasteiger partial charge in [0.15, 0.2) is 5.11 Å². The van der Waals surface area contributed by atoms with Crippen LogP contribution in [0.25, 0.3) is 0 Å². The van der Waals surface area contributed by atoms with E-state index in [1.165, 1.54) is 11.1 Å². The van der Waals surface area contributed by atoms with E-state index in [-0.39, 0.29) is 18.4 Å². The molecule has 3 aliphatic rings. The molecule has 2 N–H and O–H groups in total. The Morgan fingerprint density at radius 2 is 2.00 bits per heavy atom. The molecule has 2 aliphatic heterocycles. The number of pyridine rings is 1. The standard InChI is InChI=1S/C24H24N4O4S2/c1-15-11-17(14-26-20(15)13-25)27-21(29)23(8-2-9-23)28(22(27)33)16-3-5-18(6-4-16)32-19-7-10-34-24(30,31)12-19/h3-6,11,14,19,30-31H,2,7-10,12H2,1H3. The summed E-state index contributed by atoms with van der Waals surface area (Å²) in [5, 5.41) is 27.6. The van der Waals surface area contributed by atoms with Crippen molar-refractivity contribution in [2.24, 2.45) is 0 Å². The van der Waals surface area contributed by atoms with Crippen molar-refractivity contribution in [3.63, 3.8) is 0 Å². The highest BCUT2D eigenvalue weighted by atomic mass is 32.2. The van der Waals surface area contributed by atoms with Crippen molar-refractivity contribution in [1.82, 2.24) is 4.98 Å². The Morgan fingerprint density at radius 3 is 2.59 bits per heavy atom. The number of rotatable bonds is 4. The quantitative estimate of drug-likeness (QED) is 0.487. The molecule has 1 aromatic heterocycles. The average molecular weight is 497 g/mol. The van der Waals surface area contributed by atoms with E-state index in [0.29, 0.717) is 46.4 Å². The van der Waals surface area contributed by atoms with Crippen LogP contribution < -0.4 is 14.5 Å². The predicted molar refractivity (Wildman–Crippen MR) is 133 cm³/mol. The summed E-state index contributed by atoms with van der Waals surface area (Å²) >= 11 is 6.91. The molecule has 3 heterocycles. The highest BCUT2D eigenvalue weighted by molar-refractivity contribution is 8.00. The third-order valence-electron chi connectivity index (χ3n) is 6.68. The lowest BCUT2D eigenvalue weighted by atomic mass is 9.75. The zero-order valence-electron chi connectivity index (χ0n) is 18.6. The summed E-state index contributed by atoms with van der Waals surface area (Å²) in [6.07, 6.45) is 4.46. The fraction of sp³-hybridized carbons (Fsp3) is 0.417. The lowest BCUT2D eigenvalue weighted by Crippen LogP contribution is -2.55. The monoisotopic (exact) mass is 496 g/mol. The predicted octanol–water partition coefficient (Wildman–Crippen LogP) is 3.24. The van der Waals surface area contributed by atoms with Gasteiger partial charge in [0.1, 0.15) is 29.2 Å². The maximum atomic E-state index is 13.6. The normalized spacial score (nSPS) is 23.1. The molecule has 1 spiro atoms. The number of anilines is 2. The zero-order chi connectivity index (χ0) is 24.1. The molecule has 1 unspecified atom stereocenters. The first-order valence-corrected chi connectivity index (χ1v) is 12.5. The number of aromatic nitrogens is 1. The number of benzene rings is 1. The summed E-state index contributed by atoms with van der Waals surface area (Å²) in [6, 6.07) is 11.2. The number of carbonyl (C=O) groups excluding carboxylic acids is 1. The minimum atomic E-state index is -1.76. The van der Waals surface area contributed by atoms with Crippen LogP contribution in [0.2, 0.25) is 0 Å². The van der Waals surface area contributed by atoms with Crippen molar-refractivity contribution in [3.8, 4) is 11.8 Å². The molecule has 8 nitrogen and oxygen atoms in total. The average Bonchev–Trinajstić information content (AvgIpc) is 3.00. The molecule has 1 atom stereocenters. The van der Waals surface area contributed by atoms with Crippen LogP contribution in [0.15, 0.2) is 36.5 Å². The summed E-state index contributed by atoms with van der Waals surface area (Å²) in [4.78, 5) is 21.2. The van der Waals surface area contributed by atoms with Crippen LogP contribution in [0.5, 0.6) is 5.75 Å². The van der Waals surface area contributed by atoms with Crippen LogP contribution in [0.3, 0.4) is 0 Å². The van der Waals surface area contributed by atoms with Gasteiger partial charge in [-0.3, -0.25) is 9.69 Å². The van der Waals surface area contributed by atoms with Gasteiger partial charge in [-0.1, -0.05) is 11.8 Å². The molecule has 1 saturated carbocycles. The van der Waals surface area contributed by atoms with Crippen molar-refractivity contribution < 1.29 is 19.7 Å². The van der Waals surface area contributed by atoms with E-state index in [1.54, 1.807) is 13.0 Å². The van der Waals surface area contributed by atoms with Crippen molar-refractivity contribution in [3.05, 3.63) is 47.8 Å². The van der Waals surface area contributed by atoms with Crippen LogP contribution in [0.4, 0.5) is 11.4 Å². The second kappa shape index (κ2) is 8.50. The van der Waals surface area contributed by atoms with E-state index in [0.717, 1.165) is 30.3 Å². The minimum absolute atomic E-state index is 0.0723. The summed E-state index contributed by atoms with van der Waals surface area (Å²) in [5.41, 5.74) is 1.66. The van der Waals surface area contributed by atoms with E-state index in [1.807, 2.05) is 35.2 Å². The van der Waals surface area contributed by atoms with Gasteiger partial charge in [0.05, 0.1) is 11.9 Å². The second-order valence-corrected chi connectivity index (χ2v) is 10.6. The molecule has 176 valence electrons. The van der Waals surface area contributed by atoms with Crippen molar-refractivity contribution in [2.45, 2.75) is 55.8 Å². The number of thiocarbonyl (C=S) groups is 1. The molecule has 34 heavy (non-hydrogen) atoms. The van der Waals surface area contributed by atoms with Gasteiger partial charge in [-0.15, -0.1) is 0 Å². The number of thioether (sulfide) groups is 1. The Bertz CT molecular complexity index is 1190. The van der Waals surface area contributed by atoms with Crippen molar-refractivity contribution in [1.29, 1.82) is 5.26 Å². The molecule has 1 amide bonds. The van der Waals surface area contributed by atoms with E-state index >= 15 is 0 Å². The summed E-state index contributed by atoms with van der Waals surface area (Å²) in [5.74, 6) is 1.17. The highest BCUT2D eigenvalue weighted by Crippen LogP contribution is 2.48. The topological polar surface area (TPSA) is 110 Å². The smallest absolute Gasteiger partial charge is 0.259 e. The molecular formula is C24H24N4O4S2. The van der Waals surface area contributed by atoms with Gasteiger partial charge in [0.2, 0.25) is 5.12 Å². The van der Waals surface area contributed by atoms with Gasteiger partial charge in [-0.2, -0.15) is 5.26 Å². The number of hydrogen-bond donors (Lipinski definition) is 2. The maximum Gasteiger partial charge on any atom is 0.259 e. The SMILES string of the molecule is Cc1cc(N2C(=O)C3(CCC3)N(c3ccc(OC4CCSC(O)(O)C4)cc3)C2=S)cnc1C#N. The zero-order valence-corrected chi connectivity index (χ0v) is 20.2. The van der Waals surface area contributed by atoms with Crippen LogP contribution >= 0.6 is 24.0 Å². The number of amides is 1. The fourth-order valence-corrected chi connectivity index (χ4v) is 6.27. The first kappa shape index (κ1) is 23.1. The first-order chi connectivity index (χ1) is 16.2. The van der Waals surface area contributed by atoms with Gasteiger partial charge >= 0.3 is 0 Å². The molecule has 10 heteroatoms. The number of nitrogens with zero attached hydrogens (tertiary/aromatic N) is 4. The molecule has 1 aromatic carbocycles. The maximum absolute atomic E-state index is 13.6. The number of carbonyl (C=O) groups is 1. The second-order valence-electron chi connectivity index (χ2n) is 8.93. The number of hydrogen-bond acceptors (Lipinski definition) is 8. The first-order valence-electron chi connectivity index (χ1n) is 11.1. The van der Waals surface area contributed by atoms with Crippen LogP contribution in [-0.2, 0) is 4.79 Å². The molecular weight excluding hydrogens is 472 g/mol. The molecule has 1 aliphatic carbocycles. The number of ether oxygens (including phenoxy) is 1. The Labute approximate surface area is 207 Å². The Hall–Kier alpha value is -2.71. The highest BCUT2D eigenvalue weighted by Gasteiger charge is 2.59. The lowest BCUT2D eigenvalue weighted by Gasteiger charge is -2.43. The van der Waals surface area contributed by atoms with Gasteiger partial charge in [0.25, 0.3) is 5.91 Å². The molecule has 2 saturated heterocycles. The summed E-state index contributed by atoms with van der Waals surface area (Å²) < 4.78 is 5.98. The number of nitriles is 1. The fourth-order valence-electron chi connectivity index (χ4n) is 4.79. The van der Waals surface area contributed by atoms with E-state index in [9.17, 15) is 20.3 Å². The molecule has 3 fully saturated rings. The lowest BCUT2D eigenvalue weighted by molar-refractivity contribution is -0.123. The van der Waals surface area contributed by atoms with E-state index < -0.39 is 10.7 Å². The van der Waals surface area contributed by atoms with E-state index in [2.05, 4.69) is 4.98 Å². The molecule has 0 radical (unpaired) electrons. The largest absolute Gasteiger partial charge is 0.490 e. The molecule has 0 bridgehead atoms. The van der Waals surface area contributed by atoms with Crippen LogP contribution in [-0.4, -0.2) is 48.7 Å².